The highest BCUT2D eigenvalue weighted by Gasteiger charge is 2.52. The van der Waals surface area contributed by atoms with Crippen LogP contribution in [0.2, 0.25) is 0 Å². The zero-order valence-corrected chi connectivity index (χ0v) is 16.4. The third kappa shape index (κ3) is 3.87. The minimum atomic E-state index is 0.0986. The van der Waals surface area contributed by atoms with Gasteiger partial charge in [0.05, 0.1) is 18.3 Å². The minimum Gasteiger partial charge on any atom is -0.492 e. The fourth-order valence-corrected chi connectivity index (χ4v) is 3.79. The van der Waals surface area contributed by atoms with Gasteiger partial charge in [-0.05, 0) is 44.7 Å². The smallest absolute Gasteiger partial charge is 0.126 e. The van der Waals surface area contributed by atoms with Crippen molar-refractivity contribution in [2.45, 2.75) is 77.4 Å². The molecule has 0 aliphatic carbocycles. The molecule has 2 aliphatic rings. The lowest BCUT2D eigenvalue weighted by Crippen LogP contribution is -2.18. The van der Waals surface area contributed by atoms with Crippen LogP contribution in [-0.2, 0) is 10.2 Å². The molecule has 0 bridgehead atoms. The van der Waals surface area contributed by atoms with Crippen LogP contribution >= 0.6 is 0 Å². The fourth-order valence-electron chi connectivity index (χ4n) is 3.79. The van der Waals surface area contributed by atoms with Gasteiger partial charge in [0, 0.05) is 17.0 Å². The molecule has 1 saturated heterocycles. The van der Waals surface area contributed by atoms with E-state index in [0.717, 1.165) is 43.8 Å². The van der Waals surface area contributed by atoms with Gasteiger partial charge in [0.25, 0.3) is 0 Å². The first-order chi connectivity index (χ1) is 11.9. The van der Waals surface area contributed by atoms with Crippen molar-refractivity contribution in [1.82, 2.24) is 0 Å². The molecule has 25 heavy (non-hydrogen) atoms. The lowest BCUT2D eigenvalue weighted by Gasteiger charge is -2.15. The molecule has 138 valence electrons. The number of rotatable bonds is 8. The number of epoxide rings is 1. The first kappa shape index (κ1) is 18.3. The van der Waals surface area contributed by atoms with E-state index >= 15 is 0 Å². The van der Waals surface area contributed by atoms with E-state index in [-0.39, 0.29) is 11.0 Å². The van der Waals surface area contributed by atoms with Crippen LogP contribution < -0.4 is 9.47 Å². The van der Waals surface area contributed by atoms with Gasteiger partial charge in [-0.2, -0.15) is 0 Å². The summed E-state index contributed by atoms with van der Waals surface area (Å²) in [6.45, 7) is 12.4. The maximum Gasteiger partial charge on any atom is 0.126 e. The van der Waals surface area contributed by atoms with Crippen LogP contribution in [0, 0.1) is 0 Å². The van der Waals surface area contributed by atoms with E-state index in [4.69, 9.17) is 14.2 Å². The van der Waals surface area contributed by atoms with Gasteiger partial charge in [-0.15, -0.1) is 0 Å². The third-order valence-electron chi connectivity index (χ3n) is 5.86. The standard InChI is InChI=1S/C22H32O3/c1-6-22(7-2)20(25-22)11-8-16(3)12-13-23-17-9-10-18-19(14-17)24-15-21(18,4)5/h9-10,12,14,20H,6-8,11,13,15H2,1-5H3. The number of hydrogen-bond acceptors (Lipinski definition) is 3. The van der Waals surface area contributed by atoms with Gasteiger partial charge < -0.3 is 14.2 Å². The van der Waals surface area contributed by atoms with Crippen molar-refractivity contribution in [3.63, 3.8) is 0 Å². The summed E-state index contributed by atoms with van der Waals surface area (Å²) in [7, 11) is 0. The Balaban J connectivity index is 1.46. The molecule has 0 radical (unpaired) electrons. The average molecular weight is 344 g/mol. The Morgan fingerprint density at radius 3 is 2.72 bits per heavy atom. The predicted octanol–water partition coefficient (Wildman–Crippen LogP) is 5.42. The monoisotopic (exact) mass is 344 g/mol. The van der Waals surface area contributed by atoms with E-state index in [9.17, 15) is 0 Å². The first-order valence-electron chi connectivity index (χ1n) is 9.64. The molecule has 1 aromatic rings. The van der Waals surface area contributed by atoms with E-state index in [1.54, 1.807) is 0 Å². The van der Waals surface area contributed by atoms with Crippen LogP contribution in [-0.4, -0.2) is 24.9 Å². The highest BCUT2D eigenvalue weighted by molar-refractivity contribution is 5.47. The van der Waals surface area contributed by atoms with Gasteiger partial charge in [-0.1, -0.05) is 39.3 Å². The summed E-state index contributed by atoms with van der Waals surface area (Å²) in [4.78, 5) is 0. The van der Waals surface area contributed by atoms with Gasteiger partial charge in [-0.25, -0.2) is 0 Å². The van der Waals surface area contributed by atoms with Gasteiger partial charge in [-0.3, -0.25) is 0 Å². The van der Waals surface area contributed by atoms with E-state index in [1.165, 1.54) is 11.1 Å². The lowest BCUT2D eigenvalue weighted by atomic mass is 9.87. The molecule has 2 aliphatic heterocycles. The van der Waals surface area contributed by atoms with Crippen LogP contribution in [0.25, 0.3) is 0 Å². The molecule has 1 aromatic carbocycles. The lowest BCUT2D eigenvalue weighted by molar-refractivity contribution is 0.278. The number of hydrogen-bond donors (Lipinski definition) is 0. The van der Waals surface area contributed by atoms with Crippen molar-refractivity contribution < 1.29 is 14.2 Å². The Morgan fingerprint density at radius 1 is 1.28 bits per heavy atom. The molecule has 0 aromatic heterocycles. The Labute approximate surface area is 152 Å². The fraction of sp³-hybridized carbons (Fsp3) is 0.636. The normalized spacial score (nSPS) is 23.1. The Morgan fingerprint density at radius 2 is 2.04 bits per heavy atom. The molecule has 3 nitrogen and oxygen atoms in total. The molecule has 0 amide bonds. The zero-order chi connectivity index (χ0) is 18.1. The molecule has 1 unspecified atom stereocenters. The first-order valence-corrected chi connectivity index (χ1v) is 9.64. The summed E-state index contributed by atoms with van der Waals surface area (Å²) in [5.41, 5.74) is 2.91. The van der Waals surface area contributed by atoms with Crippen molar-refractivity contribution in [3.05, 3.63) is 35.4 Å². The van der Waals surface area contributed by atoms with E-state index in [2.05, 4.69) is 46.8 Å². The molecule has 3 heteroatoms. The topological polar surface area (TPSA) is 31.0 Å². The highest BCUT2D eigenvalue weighted by Crippen LogP contribution is 2.45. The molecule has 0 spiro atoms. The summed E-state index contributed by atoms with van der Waals surface area (Å²) in [5, 5.41) is 0. The summed E-state index contributed by atoms with van der Waals surface area (Å²) in [6, 6.07) is 6.20. The second-order valence-corrected chi connectivity index (χ2v) is 8.11. The van der Waals surface area contributed by atoms with Crippen LogP contribution in [0.3, 0.4) is 0 Å². The number of ether oxygens (including phenoxy) is 3. The Bertz CT molecular complexity index is 641. The largest absolute Gasteiger partial charge is 0.492 e. The predicted molar refractivity (Wildman–Crippen MR) is 102 cm³/mol. The number of allylic oxidation sites excluding steroid dienone is 1. The van der Waals surface area contributed by atoms with Crippen molar-refractivity contribution >= 4 is 0 Å². The van der Waals surface area contributed by atoms with Crippen LogP contribution in [0.1, 0.15) is 65.9 Å². The summed E-state index contributed by atoms with van der Waals surface area (Å²) in [5.74, 6) is 1.84. The second kappa shape index (κ2) is 7.03. The molecule has 3 rings (SSSR count). The van der Waals surface area contributed by atoms with E-state index in [0.29, 0.717) is 12.7 Å². The van der Waals surface area contributed by atoms with Crippen molar-refractivity contribution in [2.24, 2.45) is 0 Å². The highest BCUT2D eigenvalue weighted by atomic mass is 16.6. The van der Waals surface area contributed by atoms with Crippen molar-refractivity contribution in [1.29, 1.82) is 0 Å². The average Bonchev–Trinajstić information content (AvgIpc) is 3.24. The molecule has 1 fully saturated rings. The summed E-state index contributed by atoms with van der Waals surface area (Å²) in [6.07, 6.45) is 7.07. The van der Waals surface area contributed by atoms with Crippen LogP contribution in [0.15, 0.2) is 29.8 Å². The van der Waals surface area contributed by atoms with Gasteiger partial charge >= 0.3 is 0 Å². The molecular formula is C22H32O3. The molecule has 2 heterocycles. The van der Waals surface area contributed by atoms with Crippen molar-refractivity contribution in [2.75, 3.05) is 13.2 Å². The quantitative estimate of drug-likeness (QED) is 0.466. The maximum atomic E-state index is 5.91. The molecule has 0 N–H and O–H groups in total. The molecule has 0 saturated carbocycles. The SMILES string of the molecule is CCC1(CC)OC1CCC(C)=CCOc1ccc2c(c1)OCC2(C)C. The summed E-state index contributed by atoms with van der Waals surface area (Å²) >= 11 is 0. The minimum absolute atomic E-state index is 0.0986. The zero-order valence-electron chi connectivity index (χ0n) is 16.4. The van der Waals surface area contributed by atoms with Gasteiger partial charge in [0.15, 0.2) is 0 Å². The van der Waals surface area contributed by atoms with E-state index in [1.807, 2.05) is 12.1 Å². The van der Waals surface area contributed by atoms with Crippen molar-refractivity contribution in [3.8, 4) is 11.5 Å². The van der Waals surface area contributed by atoms with E-state index < -0.39 is 0 Å². The third-order valence-corrected chi connectivity index (χ3v) is 5.86. The maximum absolute atomic E-state index is 5.91. The van der Waals surface area contributed by atoms with Crippen LogP contribution in [0.5, 0.6) is 11.5 Å². The number of fused-ring (bicyclic) bond motifs is 1. The van der Waals surface area contributed by atoms with Gasteiger partial charge in [0.1, 0.15) is 18.1 Å². The Kier molecular flexibility index (Phi) is 5.15. The van der Waals surface area contributed by atoms with Gasteiger partial charge in [0.2, 0.25) is 0 Å². The molecule has 1 atom stereocenters. The Hall–Kier alpha value is -1.48. The molecular weight excluding hydrogens is 312 g/mol. The second-order valence-electron chi connectivity index (χ2n) is 8.11. The van der Waals surface area contributed by atoms with Crippen LogP contribution in [0.4, 0.5) is 0 Å². The number of benzene rings is 1. The summed E-state index contributed by atoms with van der Waals surface area (Å²) < 4.78 is 17.6.